The molecule has 2 aliphatic carbocycles. The van der Waals surface area contributed by atoms with Crippen molar-refractivity contribution in [2.45, 2.75) is 64.5 Å². The summed E-state index contributed by atoms with van der Waals surface area (Å²) in [4.78, 5) is 28.1. The van der Waals surface area contributed by atoms with Crippen LogP contribution < -0.4 is 0 Å². The summed E-state index contributed by atoms with van der Waals surface area (Å²) in [6.45, 7) is 2.64. The van der Waals surface area contributed by atoms with E-state index in [-0.39, 0.29) is 37.2 Å². The minimum atomic E-state index is -0.373. The van der Waals surface area contributed by atoms with Gasteiger partial charge in [-0.3, -0.25) is 9.59 Å². The summed E-state index contributed by atoms with van der Waals surface area (Å²) in [7, 11) is 1.84. The van der Waals surface area contributed by atoms with Crippen molar-refractivity contribution in [3.8, 4) is 0 Å². The van der Waals surface area contributed by atoms with Gasteiger partial charge in [0.2, 0.25) is 5.91 Å². The van der Waals surface area contributed by atoms with Crippen molar-refractivity contribution in [1.29, 1.82) is 0 Å². The van der Waals surface area contributed by atoms with Crippen molar-refractivity contribution in [1.82, 2.24) is 4.90 Å². The number of hydrogen-bond donors (Lipinski definition) is 0. The smallest absolute Gasteiger partial charge is 0.310 e. The summed E-state index contributed by atoms with van der Waals surface area (Å²) in [6.07, 6.45) is 11.0. The van der Waals surface area contributed by atoms with Crippen LogP contribution in [0.1, 0.15) is 58.9 Å². The Bertz CT molecular complexity index is 685. The summed E-state index contributed by atoms with van der Waals surface area (Å²) in [5.41, 5.74) is 1.10. The van der Waals surface area contributed by atoms with Crippen LogP contribution in [0.2, 0.25) is 0 Å². The summed E-state index contributed by atoms with van der Waals surface area (Å²) < 4.78 is 5.86. The van der Waals surface area contributed by atoms with Crippen LogP contribution in [0.4, 0.5) is 0 Å². The Kier molecular flexibility index (Phi) is 7.30. The van der Waals surface area contributed by atoms with Crippen molar-refractivity contribution in [2.75, 3.05) is 7.05 Å². The van der Waals surface area contributed by atoms with Gasteiger partial charge in [-0.15, -0.1) is 0 Å². The van der Waals surface area contributed by atoms with Gasteiger partial charge in [0, 0.05) is 15.0 Å². The lowest BCUT2D eigenvalue weighted by Gasteiger charge is -2.36. The van der Waals surface area contributed by atoms with Crippen molar-refractivity contribution >= 4 is 11.9 Å². The number of carbonyl (C=O) groups excluding carboxylic acids is 2. The first kappa shape index (κ1) is 20.6. The Hall–Kier alpha value is -2.10. The second-order valence-corrected chi connectivity index (χ2v) is 8.25. The fourth-order valence-corrected chi connectivity index (χ4v) is 4.58. The number of ether oxygens (including phenoxy) is 1. The summed E-state index contributed by atoms with van der Waals surface area (Å²) in [5.74, 6) is -0.752. The van der Waals surface area contributed by atoms with E-state index < -0.39 is 0 Å². The number of allylic oxidation sites excluding steroid dienone is 2. The third-order valence-electron chi connectivity index (χ3n) is 6.20. The molecule has 0 aliphatic heterocycles. The monoisotopic (exact) mass is 385 g/mol. The van der Waals surface area contributed by atoms with Crippen molar-refractivity contribution in [3.63, 3.8) is 0 Å². The quantitative estimate of drug-likeness (QED) is 0.512. The molecule has 28 heavy (non-hydrogen) atoms. The van der Waals surface area contributed by atoms with E-state index in [2.05, 4.69) is 19.1 Å². The van der Waals surface area contributed by atoms with E-state index in [4.69, 9.17) is 4.74 Å². The second kappa shape index (κ2) is 9.90. The molecule has 0 radical (unpaired) electrons. The Balaban J connectivity index is 0.00000300. The number of carbonyl (C=O) groups is 2. The van der Waals surface area contributed by atoms with Gasteiger partial charge in [0.25, 0.3) is 0 Å². The number of nitrogens with zero attached hydrogens (tertiary/aromatic N) is 1. The van der Waals surface area contributed by atoms with Gasteiger partial charge in [-0.25, -0.2) is 0 Å². The maximum absolute atomic E-state index is 13.4. The average Bonchev–Trinajstić information content (AvgIpc) is 2.74. The maximum atomic E-state index is 13.4. The van der Waals surface area contributed by atoms with Gasteiger partial charge in [0.1, 0.15) is 6.10 Å². The number of amides is 1. The highest BCUT2D eigenvalue weighted by Crippen LogP contribution is 2.36. The molecule has 0 heterocycles. The molecule has 3 atom stereocenters. The fraction of sp³-hybridized carbons (Fsp3) is 0.583. The molecule has 2 unspecified atom stereocenters. The third kappa shape index (κ3) is 5.03. The molecule has 4 heteroatoms. The minimum absolute atomic E-state index is 0. The molecule has 0 saturated heterocycles. The summed E-state index contributed by atoms with van der Waals surface area (Å²) in [6, 6.07) is 9.99. The van der Waals surface area contributed by atoms with Gasteiger partial charge in [-0.1, -0.05) is 55.8 Å². The van der Waals surface area contributed by atoms with Gasteiger partial charge in [0.05, 0.1) is 11.8 Å². The van der Waals surface area contributed by atoms with Crippen LogP contribution in [-0.2, 0) is 20.9 Å². The summed E-state index contributed by atoms with van der Waals surface area (Å²) in [5, 5.41) is 0. The van der Waals surface area contributed by atoms with Crippen LogP contribution in [0.25, 0.3) is 0 Å². The molecule has 0 spiro atoms. The van der Waals surface area contributed by atoms with Crippen LogP contribution in [0.3, 0.4) is 0 Å². The van der Waals surface area contributed by atoms with Crippen LogP contribution in [0.15, 0.2) is 42.5 Å². The van der Waals surface area contributed by atoms with Gasteiger partial charge < -0.3 is 9.64 Å². The zero-order valence-corrected chi connectivity index (χ0v) is 17.2. The molecule has 2 aliphatic rings. The minimum Gasteiger partial charge on any atom is -0.462 e. The van der Waals surface area contributed by atoms with E-state index in [0.717, 1.165) is 37.7 Å². The average molecular weight is 386 g/mol. The Labute approximate surface area is 170 Å². The van der Waals surface area contributed by atoms with Gasteiger partial charge >= 0.3 is 5.97 Å². The first-order chi connectivity index (χ1) is 13.6. The lowest BCUT2D eigenvalue weighted by molar-refractivity contribution is -0.162. The number of hydrogen-bond acceptors (Lipinski definition) is 3. The van der Waals surface area contributed by atoms with Gasteiger partial charge in [-0.05, 0) is 50.0 Å². The molecule has 0 aromatic heterocycles. The topological polar surface area (TPSA) is 46.6 Å². The molecular weight excluding hydrogens is 350 g/mol. The molecular formula is C24H35NO3. The van der Waals surface area contributed by atoms with Crippen molar-refractivity contribution < 1.29 is 15.8 Å². The molecule has 1 amide bonds. The third-order valence-corrected chi connectivity index (χ3v) is 6.20. The molecule has 1 aromatic carbocycles. The van der Waals surface area contributed by atoms with Crippen LogP contribution in [0.5, 0.6) is 0 Å². The highest BCUT2D eigenvalue weighted by Gasteiger charge is 2.42. The van der Waals surface area contributed by atoms with E-state index in [9.17, 15) is 9.59 Å². The first-order valence-electron chi connectivity index (χ1n) is 10.8. The largest absolute Gasteiger partial charge is 0.462 e. The first-order valence-corrected chi connectivity index (χ1v) is 10.8. The summed E-state index contributed by atoms with van der Waals surface area (Å²) >= 11 is 0. The molecule has 154 valence electrons. The maximum Gasteiger partial charge on any atom is 0.310 e. The zero-order chi connectivity index (χ0) is 19.9. The van der Waals surface area contributed by atoms with E-state index in [1.54, 1.807) is 4.90 Å². The van der Waals surface area contributed by atoms with E-state index in [0.29, 0.717) is 13.0 Å². The normalized spacial score (nSPS) is 25.3. The molecule has 1 saturated carbocycles. The second-order valence-electron chi connectivity index (χ2n) is 8.25. The Morgan fingerprint density at radius 1 is 1.14 bits per heavy atom. The van der Waals surface area contributed by atoms with Gasteiger partial charge in [0.15, 0.2) is 0 Å². The molecule has 4 nitrogen and oxygen atoms in total. The van der Waals surface area contributed by atoms with E-state index in [1.807, 2.05) is 37.4 Å². The standard InChI is InChI=1S/C24H33NO3.H2/c1-3-19-13-10-16-21(24(27)28-20-14-8-5-9-15-20)22(19)23(26)25(2)17-18-11-6-4-7-12-18;/h4,6-7,10-13,19-22H,3,5,8-9,14-17H2,1-2H3;1H/t19?,21-,22?;/m0./s1. The predicted octanol–water partition coefficient (Wildman–Crippen LogP) is 4.99. The molecule has 3 rings (SSSR count). The van der Waals surface area contributed by atoms with Crippen molar-refractivity contribution in [2.24, 2.45) is 17.8 Å². The number of esters is 1. The highest BCUT2D eigenvalue weighted by molar-refractivity contribution is 5.86. The zero-order valence-electron chi connectivity index (χ0n) is 17.2. The van der Waals surface area contributed by atoms with Crippen LogP contribution in [-0.4, -0.2) is 29.9 Å². The fourth-order valence-electron chi connectivity index (χ4n) is 4.58. The molecule has 1 aromatic rings. The molecule has 1 fully saturated rings. The van der Waals surface area contributed by atoms with Gasteiger partial charge in [-0.2, -0.15) is 0 Å². The molecule has 0 bridgehead atoms. The van der Waals surface area contributed by atoms with E-state index >= 15 is 0 Å². The number of rotatable bonds is 6. The van der Waals surface area contributed by atoms with E-state index in [1.165, 1.54) is 6.42 Å². The number of benzene rings is 1. The lowest BCUT2D eigenvalue weighted by atomic mass is 9.73. The van der Waals surface area contributed by atoms with Crippen LogP contribution >= 0.6 is 0 Å². The Morgan fingerprint density at radius 3 is 2.54 bits per heavy atom. The highest BCUT2D eigenvalue weighted by atomic mass is 16.5. The van der Waals surface area contributed by atoms with Crippen LogP contribution in [0, 0.1) is 17.8 Å². The van der Waals surface area contributed by atoms with Crippen molar-refractivity contribution in [3.05, 3.63) is 48.0 Å². The predicted molar refractivity (Wildman–Crippen MR) is 113 cm³/mol. The SMILES string of the molecule is CCC1C=CC[C@H](C(=O)OC2CCCCC2)C1C(=O)N(C)Cc1ccccc1.[HH]. The molecule has 0 N–H and O–H groups in total. The Morgan fingerprint density at radius 2 is 1.86 bits per heavy atom. The lowest BCUT2D eigenvalue weighted by Crippen LogP contribution is -2.44.